The first-order chi connectivity index (χ1) is 11.2. The fourth-order valence-electron chi connectivity index (χ4n) is 3.28. The zero-order chi connectivity index (χ0) is 16.1. The molecule has 0 saturated carbocycles. The largest absolute Gasteiger partial charge is 0.504 e. The van der Waals surface area contributed by atoms with Crippen LogP contribution in [0.1, 0.15) is 31.2 Å². The predicted molar refractivity (Wildman–Crippen MR) is 93.2 cm³/mol. The maximum atomic E-state index is 9.81. The minimum atomic E-state index is 0.168. The van der Waals surface area contributed by atoms with Gasteiger partial charge in [-0.3, -0.25) is 0 Å². The molecule has 1 atom stereocenters. The molecule has 2 aromatic rings. The van der Waals surface area contributed by atoms with Crippen LogP contribution in [0.15, 0.2) is 48.5 Å². The third-order valence-electron chi connectivity index (χ3n) is 4.68. The molecule has 1 heterocycles. The average molecular weight is 311 g/mol. The number of phenols is 1. The van der Waals surface area contributed by atoms with E-state index in [1.165, 1.54) is 37.8 Å². The maximum Gasteiger partial charge on any atom is 0.169 e. The van der Waals surface area contributed by atoms with E-state index in [9.17, 15) is 5.11 Å². The van der Waals surface area contributed by atoms with E-state index in [1.807, 2.05) is 18.2 Å². The Morgan fingerprint density at radius 1 is 1.13 bits per heavy atom. The minimum absolute atomic E-state index is 0.168. The smallest absolute Gasteiger partial charge is 0.169 e. The van der Waals surface area contributed by atoms with Gasteiger partial charge < -0.3 is 14.7 Å². The van der Waals surface area contributed by atoms with Crippen molar-refractivity contribution in [2.45, 2.75) is 38.1 Å². The zero-order valence-corrected chi connectivity index (χ0v) is 13.7. The maximum absolute atomic E-state index is 9.81. The molecule has 1 unspecified atom stereocenters. The lowest BCUT2D eigenvalue weighted by atomic mass is 9.96. The molecule has 1 aliphatic rings. The molecule has 1 fully saturated rings. The fraction of sp³-hybridized carbons (Fsp3) is 0.400. The van der Waals surface area contributed by atoms with Crippen LogP contribution in [0, 0.1) is 0 Å². The van der Waals surface area contributed by atoms with E-state index < -0.39 is 0 Å². The summed E-state index contributed by atoms with van der Waals surface area (Å²) >= 11 is 0. The number of benzene rings is 2. The van der Waals surface area contributed by atoms with Crippen LogP contribution in [0.25, 0.3) is 0 Å². The summed E-state index contributed by atoms with van der Waals surface area (Å²) in [7, 11) is 2.24. The van der Waals surface area contributed by atoms with Crippen molar-refractivity contribution >= 4 is 0 Å². The first-order valence-corrected chi connectivity index (χ1v) is 8.47. The molecule has 122 valence electrons. The third-order valence-corrected chi connectivity index (χ3v) is 4.68. The van der Waals surface area contributed by atoms with Gasteiger partial charge in [-0.05, 0) is 69.1 Å². The normalized spacial score (nSPS) is 18.7. The number of nitrogens with zero attached hydrogens (tertiary/aromatic N) is 1. The van der Waals surface area contributed by atoms with Crippen LogP contribution in [0.3, 0.4) is 0 Å². The van der Waals surface area contributed by atoms with E-state index in [2.05, 4.69) is 24.1 Å². The van der Waals surface area contributed by atoms with Crippen LogP contribution in [0.4, 0.5) is 0 Å². The van der Waals surface area contributed by atoms with Gasteiger partial charge in [-0.25, -0.2) is 0 Å². The molecular weight excluding hydrogens is 286 g/mol. The van der Waals surface area contributed by atoms with Crippen molar-refractivity contribution in [2.24, 2.45) is 0 Å². The van der Waals surface area contributed by atoms with Crippen LogP contribution < -0.4 is 4.74 Å². The molecule has 1 aliphatic heterocycles. The van der Waals surface area contributed by atoms with Crippen LogP contribution in [-0.2, 0) is 6.42 Å². The summed E-state index contributed by atoms with van der Waals surface area (Å²) in [5.41, 5.74) is 1.29. The molecule has 3 heteroatoms. The molecule has 0 radical (unpaired) electrons. The number of hydrogen-bond donors (Lipinski definition) is 1. The Morgan fingerprint density at radius 2 is 2.00 bits per heavy atom. The van der Waals surface area contributed by atoms with Gasteiger partial charge in [-0.15, -0.1) is 0 Å². The second-order valence-electron chi connectivity index (χ2n) is 6.39. The van der Waals surface area contributed by atoms with Crippen molar-refractivity contribution in [3.8, 4) is 17.2 Å². The van der Waals surface area contributed by atoms with Crippen molar-refractivity contribution in [2.75, 3.05) is 13.6 Å². The number of piperidine rings is 1. The van der Waals surface area contributed by atoms with Crippen LogP contribution in [0.5, 0.6) is 17.2 Å². The van der Waals surface area contributed by atoms with E-state index in [0.717, 1.165) is 12.2 Å². The van der Waals surface area contributed by atoms with Crippen LogP contribution in [-0.4, -0.2) is 29.6 Å². The quantitative estimate of drug-likeness (QED) is 0.876. The number of likely N-dealkylation sites (tertiary alicyclic amines) is 1. The lowest BCUT2D eigenvalue weighted by Crippen LogP contribution is -2.36. The van der Waals surface area contributed by atoms with Gasteiger partial charge in [0, 0.05) is 6.04 Å². The Bertz CT molecular complexity index is 641. The minimum Gasteiger partial charge on any atom is -0.504 e. The van der Waals surface area contributed by atoms with Crippen molar-refractivity contribution in [1.82, 2.24) is 4.90 Å². The number of aryl methyl sites for hydroxylation is 1. The Kier molecular flexibility index (Phi) is 5.19. The van der Waals surface area contributed by atoms with E-state index in [-0.39, 0.29) is 5.75 Å². The molecule has 23 heavy (non-hydrogen) atoms. The Hall–Kier alpha value is -2.00. The Labute approximate surface area is 138 Å². The molecule has 3 rings (SSSR count). The predicted octanol–water partition coefficient (Wildman–Crippen LogP) is 4.60. The summed E-state index contributed by atoms with van der Waals surface area (Å²) in [5, 5.41) is 9.81. The van der Waals surface area contributed by atoms with E-state index in [0.29, 0.717) is 11.8 Å². The van der Waals surface area contributed by atoms with Gasteiger partial charge in [-0.2, -0.15) is 0 Å². The molecule has 3 nitrogen and oxygen atoms in total. The van der Waals surface area contributed by atoms with Gasteiger partial charge in [0.25, 0.3) is 0 Å². The van der Waals surface area contributed by atoms with Gasteiger partial charge >= 0.3 is 0 Å². The van der Waals surface area contributed by atoms with Crippen molar-refractivity contribution in [3.63, 3.8) is 0 Å². The summed E-state index contributed by atoms with van der Waals surface area (Å²) in [6.45, 7) is 1.22. The second-order valence-corrected chi connectivity index (χ2v) is 6.39. The SMILES string of the molecule is CN1CCCCC1CCc1cccc(Oc2ccccc2O)c1. The van der Waals surface area contributed by atoms with Crippen LogP contribution >= 0.6 is 0 Å². The highest BCUT2D eigenvalue weighted by Crippen LogP contribution is 2.30. The van der Waals surface area contributed by atoms with Crippen molar-refractivity contribution in [3.05, 3.63) is 54.1 Å². The number of rotatable bonds is 5. The number of phenolic OH excluding ortho intramolecular Hbond substituents is 1. The van der Waals surface area contributed by atoms with E-state index in [4.69, 9.17) is 4.74 Å². The summed E-state index contributed by atoms with van der Waals surface area (Å²) < 4.78 is 5.80. The first-order valence-electron chi connectivity index (χ1n) is 8.47. The summed E-state index contributed by atoms with van der Waals surface area (Å²) in [6, 6.07) is 16.0. The van der Waals surface area contributed by atoms with Gasteiger partial charge in [-0.1, -0.05) is 30.7 Å². The molecule has 0 bridgehead atoms. The Morgan fingerprint density at radius 3 is 2.83 bits per heavy atom. The van der Waals surface area contributed by atoms with Gasteiger partial charge in [0.1, 0.15) is 5.75 Å². The summed E-state index contributed by atoms with van der Waals surface area (Å²) in [5.74, 6) is 1.44. The summed E-state index contributed by atoms with van der Waals surface area (Å²) in [6.07, 6.45) is 6.25. The number of para-hydroxylation sites is 2. The zero-order valence-electron chi connectivity index (χ0n) is 13.7. The highest BCUT2D eigenvalue weighted by Gasteiger charge is 2.18. The van der Waals surface area contributed by atoms with Crippen molar-refractivity contribution in [1.29, 1.82) is 0 Å². The fourth-order valence-corrected chi connectivity index (χ4v) is 3.28. The molecule has 0 spiro atoms. The molecule has 1 saturated heterocycles. The topological polar surface area (TPSA) is 32.7 Å². The number of aromatic hydroxyl groups is 1. The highest BCUT2D eigenvalue weighted by atomic mass is 16.5. The molecular formula is C20H25NO2. The van der Waals surface area contributed by atoms with Gasteiger partial charge in [0.15, 0.2) is 11.5 Å². The molecule has 0 aliphatic carbocycles. The first kappa shape index (κ1) is 15.9. The third kappa shape index (κ3) is 4.26. The lowest BCUT2D eigenvalue weighted by Gasteiger charge is -2.32. The van der Waals surface area contributed by atoms with Gasteiger partial charge in [0.05, 0.1) is 0 Å². The number of ether oxygens (including phenoxy) is 1. The Balaban J connectivity index is 1.62. The molecule has 1 N–H and O–H groups in total. The molecule has 0 aromatic heterocycles. The van der Waals surface area contributed by atoms with E-state index >= 15 is 0 Å². The van der Waals surface area contributed by atoms with Crippen LogP contribution in [0.2, 0.25) is 0 Å². The van der Waals surface area contributed by atoms with E-state index in [1.54, 1.807) is 18.2 Å². The lowest BCUT2D eigenvalue weighted by molar-refractivity contribution is 0.176. The van der Waals surface area contributed by atoms with Crippen molar-refractivity contribution < 1.29 is 9.84 Å². The number of hydrogen-bond acceptors (Lipinski definition) is 3. The average Bonchev–Trinajstić information content (AvgIpc) is 2.57. The standard InChI is InChI=1S/C20H25NO2/c1-21-14-5-4-8-17(21)13-12-16-7-6-9-18(15-16)23-20-11-3-2-10-19(20)22/h2-3,6-7,9-11,15,17,22H,4-5,8,12-14H2,1H3. The highest BCUT2D eigenvalue weighted by molar-refractivity contribution is 5.42. The monoisotopic (exact) mass is 311 g/mol. The molecule has 2 aromatic carbocycles. The second kappa shape index (κ2) is 7.51. The summed E-state index contributed by atoms with van der Waals surface area (Å²) in [4.78, 5) is 2.49. The molecule has 0 amide bonds. The van der Waals surface area contributed by atoms with Gasteiger partial charge in [0.2, 0.25) is 0 Å².